The van der Waals surface area contributed by atoms with Crippen molar-refractivity contribution in [1.29, 1.82) is 0 Å². The maximum Gasteiger partial charge on any atom is 0.305 e. The number of unbranched alkanes of at least 4 members (excludes halogenated alkanes) is 24. The molecule has 4 bridgehead atoms. The lowest BCUT2D eigenvalue weighted by Gasteiger charge is -2.54. The van der Waals surface area contributed by atoms with E-state index in [-0.39, 0.29) is 34.2 Å². The van der Waals surface area contributed by atoms with Crippen molar-refractivity contribution < 1.29 is 28.6 Å². The van der Waals surface area contributed by atoms with Gasteiger partial charge in [0.25, 0.3) is 0 Å². The second-order valence-electron chi connectivity index (χ2n) is 25.4. The number of nitrogens with zero attached hydrogens (tertiary/aromatic N) is 1. The minimum Gasteiger partial charge on any atom is -0.465 e. The zero-order valence-electron chi connectivity index (χ0n) is 49.7. The van der Waals surface area contributed by atoms with E-state index in [9.17, 15) is 14.4 Å². The summed E-state index contributed by atoms with van der Waals surface area (Å²) < 4.78 is 19.1. The van der Waals surface area contributed by atoms with E-state index in [0.717, 1.165) is 83.8 Å². The molecule has 0 N–H and O–H groups in total. The molecule has 0 saturated heterocycles. The first-order chi connectivity index (χ1) is 35.6. The first-order valence-corrected chi connectivity index (χ1v) is 32.8. The predicted molar refractivity (Wildman–Crippen MR) is 309 cm³/mol. The Morgan fingerprint density at radius 1 is 0.384 bits per heavy atom. The quantitative estimate of drug-likeness (QED) is 0.0341. The van der Waals surface area contributed by atoms with Crippen LogP contribution >= 0.6 is 0 Å². The van der Waals surface area contributed by atoms with Crippen molar-refractivity contribution in [3.63, 3.8) is 0 Å². The average molecular weight is 1030 g/mol. The van der Waals surface area contributed by atoms with Crippen molar-refractivity contribution in [2.24, 2.45) is 34.0 Å². The Kier molecular flexibility index (Phi) is 36.5. The van der Waals surface area contributed by atoms with Gasteiger partial charge in [0, 0.05) is 35.5 Å². The van der Waals surface area contributed by atoms with E-state index in [1.165, 1.54) is 205 Å². The Bertz CT molecular complexity index is 1350. The fourth-order valence-corrected chi connectivity index (χ4v) is 14.4. The number of ether oxygens (including phenoxy) is 3. The Hall–Kier alpha value is -1.63. The summed E-state index contributed by atoms with van der Waals surface area (Å²) in [6.07, 6.45) is 53.3. The largest absolute Gasteiger partial charge is 0.465 e. The lowest BCUT2D eigenvalue weighted by molar-refractivity contribution is -0.163. The van der Waals surface area contributed by atoms with Crippen molar-refractivity contribution in [2.45, 2.75) is 330 Å². The number of esters is 3. The van der Waals surface area contributed by atoms with E-state index in [1.807, 2.05) is 0 Å². The molecule has 0 aromatic rings. The SMILES string of the molecule is CCCCCCCCCC(CCCCCCCCC)CCC(=O)OCC12CCC3(COC(=O)CCCN(CC)CC)CC(C1)CC(COC(=O)CCC(CCCCCCCCC)CCCCCCCCC)(C3)C2. The van der Waals surface area contributed by atoms with E-state index in [2.05, 4.69) is 46.4 Å². The number of fused-ring (bicyclic) bond motifs is 1. The van der Waals surface area contributed by atoms with Crippen molar-refractivity contribution in [2.75, 3.05) is 39.5 Å². The van der Waals surface area contributed by atoms with Gasteiger partial charge in [0.2, 0.25) is 0 Å². The van der Waals surface area contributed by atoms with Crippen LogP contribution in [0.5, 0.6) is 0 Å². The molecule has 0 aromatic carbocycles. The summed E-state index contributed by atoms with van der Waals surface area (Å²) in [7, 11) is 0. The van der Waals surface area contributed by atoms with Crippen molar-refractivity contribution in [3.8, 4) is 0 Å². The van der Waals surface area contributed by atoms with Gasteiger partial charge in [-0.2, -0.15) is 0 Å². The summed E-state index contributed by atoms with van der Waals surface area (Å²) in [5.41, 5.74) is -0.421. The normalized spacial score (nSPS) is 21.4. The van der Waals surface area contributed by atoms with Crippen LogP contribution in [-0.2, 0) is 28.6 Å². The van der Waals surface area contributed by atoms with Gasteiger partial charge in [-0.15, -0.1) is 0 Å². The fourth-order valence-electron chi connectivity index (χ4n) is 14.4. The van der Waals surface area contributed by atoms with Gasteiger partial charge < -0.3 is 19.1 Å². The maximum atomic E-state index is 13.9. The summed E-state index contributed by atoms with van der Waals surface area (Å²) in [4.78, 5) is 43.4. The molecule has 0 aliphatic heterocycles. The molecule has 4 rings (SSSR count). The molecule has 7 heteroatoms. The Balaban J connectivity index is 1.66. The van der Waals surface area contributed by atoms with Crippen LogP contribution in [0.2, 0.25) is 0 Å². The van der Waals surface area contributed by atoms with Gasteiger partial charge in [0.1, 0.15) is 0 Å². The minimum atomic E-state index is -0.179. The lowest BCUT2D eigenvalue weighted by atomic mass is 9.51. The van der Waals surface area contributed by atoms with Crippen molar-refractivity contribution in [1.82, 2.24) is 4.90 Å². The smallest absolute Gasteiger partial charge is 0.305 e. The van der Waals surface area contributed by atoms with Crippen LogP contribution in [0.15, 0.2) is 0 Å². The molecule has 4 aliphatic carbocycles. The molecule has 0 spiro atoms. The van der Waals surface area contributed by atoms with E-state index >= 15 is 0 Å². The first kappa shape index (κ1) is 65.7. The second kappa shape index (κ2) is 40.6. The molecule has 4 fully saturated rings. The maximum absolute atomic E-state index is 13.9. The van der Waals surface area contributed by atoms with Gasteiger partial charge in [-0.25, -0.2) is 0 Å². The first-order valence-electron chi connectivity index (χ1n) is 32.8. The molecule has 428 valence electrons. The lowest BCUT2D eigenvalue weighted by Crippen LogP contribution is -2.50. The highest BCUT2D eigenvalue weighted by molar-refractivity contribution is 5.70. The Labute approximate surface area is 453 Å². The average Bonchev–Trinajstić information content (AvgIpc) is 3.56. The second-order valence-corrected chi connectivity index (χ2v) is 25.4. The van der Waals surface area contributed by atoms with Crippen LogP contribution in [0, 0.1) is 34.0 Å². The molecule has 4 atom stereocenters. The third-order valence-electron chi connectivity index (χ3n) is 18.6. The predicted octanol–water partition coefficient (Wildman–Crippen LogP) is 19.4. The zero-order chi connectivity index (χ0) is 52.7. The molecule has 0 heterocycles. The third kappa shape index (κ3) is 29.1. The van der Waals surface area contributed by atoms with Crippen molar-refractivity contribution >= 4 is 17.9 Å². The highest BCUT2D eigenvalue weighted by atomic mass is 16.5. The molecule has 0 amide bonds. The van der Waals surface area contributed by atoms with Crippen LogP contribution in [0.3, 0.4) is 0 Å². The molecule has 7 nitrogen and oxygen atoms in total. The molecule has 0 aromatic heterocycles. The minimum absolute atomic E-state index is 0.0198. The monoisotopic (exact) mass is 1030 g/mol. The van der Waals surface area contributed by atoms with E-state index < -0.39 is 0 Å². The fraction of sp³-hybridized carbons (Fsp3) is 0.955. The number of hydrogen-bond acceptors (Lipinski definition) is 7. The summed E-state index contributed by atoms with van der Waals surface area (Å²) in [5, 5.41) is 0. The van der Waals surface area contributed by atoms with Crippen LogP contribution in [0.25, 0.3) is 0 Å². The van der Waals surface area contributed by atoms with Crippen LogP contribution in [0.1, 0.15) is 330 Å². The molecule has 4 unspecified atom stereocenters. The zero-order valence-corrected chi connectivity index (χ0v) is 49.7. The summed E-state index contributed by atoms with van der Waals surface area (Å²) in [5.74, 6) is 1.52. The van der Waals surface area contributed by atoms with Gasteiger partial charge in [0.05, 0.1) is 19.8 Å². The topological polar surface area (TPSA) is 82.1 Å². The molecule has 4 aliphatic rings. The highest BCUT2D eigenvalue weighted by Gasteiger charge is 2.60. The van der Waals surface area contributed by atoms with Gasteiger partial charge in [-0.05, 0) is 102 Å². The molecule has 0 radical (unpaired) electrons. The third-order valence-corrected chi connectivity index (χ3v) is 18.6. The van der Waals surface area contributed by atoms with Crippen LogP contribution in [-0.4, -0.2) is 62.3 Å². The molecule has 4 saturated carbocycles. The standard InChI is InChI=1S/C66H123NO6/c1-7-13-17-21-25-29-33-38-58(39-34-30-26-22-18-14-8-2)43-45-62(69)72-56-65-48-47-64(55-71-61(68)42-37-49-67(11-5)12-6)50-60(51-65)52-66(53-64,54-65)57-73-63(70)46-44-59(40-35-31-27-23-19-15-9-3)41-36-32-28-24-20-16-10-4/h58-60H,7-57H2,1-6H3. The number of carbonyl (C=O) groups is 3. The molecular formula is C66H123NO6. The summed E-state index contributed by atoms with van der Waals surface area (Å²) in [6, 6.07) is 0. The van der Waals surface area contributed by atoms with Gasteiger partial charge in [-0.3, -0.25) is 14.4 Å². The Morgan fingerprint density at radius 2 is 0.685 bits per heavy atom. The van der Waals surface area contributed by atoms with Gasteiger partial charge in [0.15, 0.2) is 0 Å². The van der Waals surface area contributed by atoms with Crippen LogP contribution < -0.4 is 0 Å². The van der Waals surface area contributed by atoms with E-state index in [0.29, 0.717) is 56.8 Å². The molecule has 73 heavy (non-hydrogen) atoms. The summed E-state index contributed by atoms with van der Waals surface area (Å²) in [6.45, 7) is 17.8. The van der Waals surface area contributed by atoms with Crippen molar-refractivity contribution in [3.05, 3.63) is 0 Å². The summed E-state index contributed by atoms with van der Waals surface area (Å²) >= 11 is 0. The Morgan fingerprint density at radius 3 is 1.03 bits per heavy atom. The van der Waals surface area contributed by atoms with Crippen LogP contribution in [0.4, 0.5) is 0 Å². The van der Waals surface area contributed by atoms with Gasteiger partial charge >= 0.3 is 17.9 Å². The number of hydrogen-bond donors (Lipinski definition) is 0. The number of carbonyl (C=O) groups excluding carboxylic acids is 3. The highest BCUT2D eigenvalue weighted by Crippen LogP contribution is 2.66. The molecular weight excluding hydrogens is 903 g/mol. The number of rotatable bonds is 50. The van der Waals surface area contributed by atoms with E-state index in [1.54, 1.807) is 0 Å². The van der Waals surface area contributed by atoms with E-state index in [4.69, 9.17) is 14.2 Å². The van der Waals surface area contributed by atoms with Gasteiger partial charge in [-0.1, -0.05) is 247 Å².